The molecule has 0 aliphatic carbocycles. The molecule has 1 spiro atoms. The fraction of sp³-hybridized carbons (Fsp3) is 0.500. The Morgan fingerprint density at radius 3 is 2.43 bits per heavy atom. The number of nitro benzene ring substituents is 1. The third-order valence-corrected chi connectivity index (χ3v) is 5.24. The summed E-state index contributed by atoms with van der Waals surface area (Å²) >= 11 is 0. The van der Waals surface area contributed by atoms with Gasteiger partial charge in [-0.25, -0.2) is 4.79 Å². The van der Waals surface area contributed by atoms with Gasteiger partial charge in [-0.3, -0.25) is 24.6 Å². The number of rotatable bonds is 4. The lowest BCUT2D eigenvalue weighted by Crippen LogP contribution is -2.56. The normalized spacial score (nSPS) is 18.6. The lowest BCUT2D eigenvalue weighted by atomic mass is 9.87. The van der Waals surface area contributed by atoms with Gasteiger partial charge in [0.05, 0.1) is 12.0 Å². The molecule has 4 amide bonds. The number of likely N-dealkylation sites (tertiary alicyclic amines) is 1. The Morgan fingerprint density at radius 2 is 1.93 bits per heavy atom. The summed E-state index contributed by atoms with van der Waals surface area (Å²) < 4.78 is 5.01. The van der Waals surface area contributed by atoms with E-state index in [9.17, 15) is 24.5 Å². The van der Waals surface area contributed by atoms with Crippen LogP contribution in [-0.2, 0) is 4.79 Å². The first-order valence-electron chi connectivity index (χ1n) is 8.97. The third kappa shape index (κ3) is 3.14. The number of nitrogens with one attached hydrogen (secondary N) is 1. The second kappa shape index (κ2) is 7.10. The molecular formula is C18H22N4O6. The van der Waals surface area contributed by atoms with Gasteiger partial charge in [0.1, 0.15) is 5.54 Å². The molecule has 0 radical (unpaired) electrons. The number of carbonyl (C=O) groups excluding carboxylic acids is 3. The number of imide groups is 1. The van der Waals surface area contributed by atoms with E-state index in [-0.39, 0.29) is 47.9 Å². The van der Waals surface area contributed by atoms with Crippen molar-refractivity contribution in [1.82, 2.24) is 15.1 Å². The van der Waals surface area contributed by atoms with Crippen molar-refractivity contribution in [2.75, 3.05) is 20.2 Å². The van der Waals surface area contributed by atoms with Crippen LogP contribution in [0.5, 0.6) is 5.75 Å². The summed E-state index contributed by atoms with van der Waals surface area (Å²) in [5.74, 6) is -0.549. The smallest absolute Gasteiger partial charge is 0.325 e. The second-order valence-corrected chi connectivity index (χ2v) is 7.22. The first-order chi connectivity index (χ1) is 13.2. The van der Waals surface area contributed by atoms with Crippen LogP contribution in [0.4, 0.5) is 10.5 Å². The summed E-state index contributed by atoms with van der Waals surface area (Å²) in [6, 6.07) is 3.32. The number of carbonyl (C=O) groups is 3. The molecule has 2 heterocycles. The van der Waals surface area contributed by atoms with Gasteiger partial charge in [0, 0.05) is 36.8 Å². The summed E-state index contributed by atoms with van der Waals surface area (Å²) in [4.78, 5) is 50.9. The Morgan fingerprint density at radius 1 is 1.29 bits per heavy atom. The average Bonchev–Trinajstić information content (AvgIpc) is 2.90. The first kappa shape index (κ1) is 19.6. The van der Waals surface area contributed by atoms with E-state index in [1.165, 1.54) is 30.2 Å². The van der Waals surface area contributed by atoms with Gasteiger partial charge in [-0.1, -0.05) is 0 Å². The van der Waals surface area contributed by atoms with Crippen molar-refractivity contribution in [3.63, 3.8) is 0 Å². The van der Waals surface area contributed by atoms with Gasteiger partial charge >= 0.3 is 11.7 Å². The number of nitrogens with zero attached hydrogens (tertiary/aromatic N) is 3. The standard InChI is InChI=1S/C18H22N4O6/c1-11(2)21-16(24)18(19-17(21)25)6-8-20(9-7-18)15(23)12-4-5-13(22(26)27)14(10-12)28-3/h4-5,10-11H,6-9H2,1-3H3,(H,19,25). The van der Waals surface area contributed by atoms with Crippen LogP contribution < -0.4 is 10.1 Å². The molecule has 150 valence electrons. The number of benzene rings is 1. The van der Waals surface area contributed by atoms with Crippen LogP contribution >= 0.6 is 0 Å². The number of ether oxygens (including phenoxy) is 1. The molecule has 10 nitrogen and oxygen atoms in total. The lowest BCUT2D eigenvalue weighted by molar-refractivity contribution is -0.385. The molecule has 0 aromatic heterocycles. The van der Waals surface area contributed by atoms with Crippen molar-refractivity contribution in [2.45, 2.75) is 38.3 Å². The topological polar surface area (TPSA) is 122 Å². The molecule has 0 bridgehead atoms. The van der Waals surface area contributed by atoms with Crippen LogP contribution in [0.25, 0.3) is 0 Å². The van der Waals surface area contributed by atoms with Gasteiger partial charge in [-0.15, -0.1) is 0 Å². The molecule has 2 aliphatic heterocycles. The summed E-state index contributed by atoms with van der Waals surface area (Å²) in [5, 5.41) is 13.8. The van der Waals surface area contributed by atoms with Gasteiger partial charge in [-0.05, 0) is 32.8 Å². The number of hydrogen-bond donors (Lipinski definition) is 1. The van der Waals surface area contributed by atoms with E-state index in [0.717, 1.165) is 0 Å². The summed E-state index contributed by atoms with van der Waals surface area (Å²) in [6.07, 6.45) is 0.632. The first-order valence-corrected chi connectivity index (χ1v) is 8.97. The molecule has 10 heteroatoms. The second-order valence-electron chi connectivity index (χ2n) is 7.22. The van der Waals surface area contributed by atoms with E-state index in [0.29, 0.717) is 12.8 Å². The quantitative estimate of drug-likeness (QED) is 0.473. The fourth-order valence-electron chi connectivity index (χ4n) is 3.68. The van der Waals surface area contributed by atoms with Gasteiger partial charge in [0.2, 0.25) is 0 Å². The van der Waals surface area contributed by atoms with E-state index in [1.807, 2.05) is 0 Å². The molecular weight excluding hydrogens is 368 g/mol. The van der Waals surface area contributed by atoms with Gasteiger partial charge in [0.25, 0.3) is 11.8 Å². The lowest BCUT2D eigenvalue weighted by Gasteiger charge is -2.37. The molecule has 2 aliphatic rings. The molecule has 1 N–H and O–H groups in total. The zero-order valence-corrected chi connectivity index (χ0v) is 15.9. The molecule has 1 aromatic carbocycles. The molecule has 2 saturated heterocycles. The predicted octanol–water partition coefficient (Wildman–Crippen LogP) is 1.54. The van der Waals surface area contributed by atoms with Gasteiger partial charge in [0.15, 0.2) is 5.75 Å². The van der Waals surface area contributed by atoms with E-state index in [4.69, 9.17) is 4.74 Å². The maximum Gasteiger partial charge on any atom is 0.325 e. The van der Waals surface area contributed by atoms with Crippen LogP contribution in [0.1, 0.15) is 37.0 Å². The largest absolute Gasteiger partial charge is 0.490 e. The highest BCUT2D eigenvalue weighted by molar-refractivity contribution is 6.07. The van der Waals surface area contributed by atoms with Crippen LogP contribution in [0, 0.1) is 10.1 Å². The maximum atomic E-state index is 12.8. The Hall–Kier alpha value is -3.17. The Kier molecular flexibility index (Phi) is 4.97. The van der Waals surface area contributed by atoms with Gasteiger partial charge in [-0.2, -0.15) is 0 Å². The van der Waals surface area contributed by atoms with Crippen molar-refractivity contribution in [1.29, 1.82) is 0 Å². The number of hydrogen-bond acceptors (Lipinski definition) is 6. The number of urea groups is 1. The van der Waals surface area contributed by atoms with Crippen molar-refractivity contribution in [3.8, 4) is 5.75 Å². The zero-order chi connectivity index (χ0) is 20.6. The summed E-state index contributed by atoms with van der Waals surface area (Å²) in [5.41, 5.74) is -0.917. The summed E-state index contributed by atoms with van der Waals surface area (Å²) in [6.45, 7) is 4.13. The summed E-state index contributed by atoms with van der Waals surface area (Å²) in [7, 11) is 1.30. The highest BCUT2D eigenvalue weighted by Crippen LogP contribution is 2.32. The Labute approximate surface area is 161 Å². The third-order valence-electron chi connectivity index (χ3n) is 5.24. The van der Waals surface area contributed by atoms with Crippen molar-refractivity contribution >= 4 is 23.5 Å². The number of piperidine rings is 1. The minimum atomic E-state index is -0.967. The minimum Gasteiger partial charge on any atom is -0.490 e. The molecule has 0 unspecified atom stereocenters. The van der Waals surface area contributed by atoms with Crippen LogP contribution in [0.15, 0.2) is 18.2 Å². The van der Waals surface area contributed by atoms with Crippen LogP contribution in [0.2, 0.25) is 0 Å². The molecule has 0 atom stereocenters. The number of amides is 4. The van der Waals surface area contributed by atoms with Crippen molar-refractivity contribution in [3.05, 3.63) is 33.9 Å². The Bertz CT molecular complexity index is 844. The van der Waals surface area contributed by atoms with E-state index in [2.05, 4.69) is 5.32 Å². The number of methoxy groups -OCH3 is 1. The van der Waals surface area contributed by atoms with Crippen molar-refractivity contribution in [2.24, 2.45) is 0 Å². The monoisotopic (exact) mass is 390 g/mol. The number of nitro groups is 1. The van der Waals surface area contributed by atoms with Crippen molar-refractivity contribution < 1.29 is 24.0 Å². The zero-order valence-electron chi connectivity index (χ0n) is 15.9. The maximum absolute atomic E-state index is 12.8. The average molecular weight is 390 g/mol. The SMILES string of the molecule is COc1cc(C(=O)N2CCC3(CC2)NC(=O)N(C(C)C)C3=O)ccc1[N+](=O)[O-]. The van der Waals surface area contributed by atoms with E-state index in [1.54, 1.807) is 18.7 Å². The molecule has 28 heavy (non-hydrogen) atoms. The molecule has 2 fully saturated rings. The van der Waals surface area contributed by atoms with Crippen LogP contribution in [0.3, 0.4) is 0 Å². The highest BCUT2D eigenvalue weighted by atomic mass is 16.6. The van der Waals surface area contributed by atoms with E-state index >= 15 is 0 Å². The fourth-order valence-corrected chi connectivity index (χ4v) is 3.68. The minimum absolute atomic E-state index is 0.00939. The molecule has 0 saturated carbocycles. The highest BCUT2D eigenvalue weighted by Gasteiger charge is 2.53. The Balaban J connectivity index is 1.74. The molecule has 3 rings (SSSR count). The molecule has 1 aromatic rings. The predicted molar refractivity (Wildman–Crippen MR) is 98.0 cm³/mol. The van der Waals surface area contributed by atoms with Gasteiger partial charge < -0.3 is 15.0 Å². The van der Waals surface area contributed by atoms with Crippen LogP contribution in [-0.4, -0.2) is 64.3 Å². The van der Waals surface area contributed by atoms with E-state index < -0.39 is 16.5 Å².